The van der Waals surface area contributed by atoms with E-state index in [2.05, 4.69) is 20.8 Å². The predicted molar refractivity (Wildman–Crippen MR) is 47.0 cm³/mol. The second kappa shape index (κ2) is 5.72. The summed E-state index contributed by atoms with van der Waals surface area (Å²) in [6, 6.07) is 0.396. The Morgan fingerprint density at radius 2 is 1.50 bits per heavy atom. The lowest BCUT2D eigenvalue weighted by Crippen LogP contribution is -2.13. The zero-order valence-corrected chi connectivity index (χ0v) is 7.56. The van der Waals surface area contributed by atoms with Crippen LogP contribution >= 0.6 is 0 Å². The van der Waals surface area contributed by atoms with Crippen molar-refractivity contribution in [2.24, 2.45) is 11.7 Å². The van der Waals surface area contributed by atoms with E-state index in [0.29, 0.717) is 6.04 Å². The first-order valence-corrected chi connectivity index (χ1v) is 4.38. The van der Waals surface area contributed by atoms with Gasteiger partial charge in [-0.1, -0.05) is 33.1 Å². The molecule has 0 fully saturated rings. The fourth-order valence-corrected chi connectivity index (χ4v) is 1.02. The summed E-state index contributed by atoms with van der Waals surface area (Å²) in [4.78, 5) is 0. The lowest BCUT2D eigenvalue weighted by Gasteiger charge is -2.05. The monoisotopic (exact) mass is 143 g/mol. The van der Waals surface area contributed by atoms with Crippen molar-refractivity contribution < 1.29 is 0 Å². The molecule has 0 aromatic rings. The second-order valence-electron chi connectivity index (χ2n) is 3.66. The summed E-state index contributed by atoms with van der Waals surface area (Å²) in [6.07, 6.45) is 5.19. The Bertz CT molecular complexity index is 57.1. The molecule has 0 aliphatic heterocycles. The van der Waals surface area contributed by atoms with Gasteiger partial charge in [0.1, 0.15) is 0 Å². The van der Waals surface area contributed by atoms with Gasteiger partial charge in [-0.2, -0.15) is 0 Å². The van der Waals surface area contributed by atoms with E-state index < -0.39 is 0 Å². The van der Waals surface area contributed by atoms with Crippen molar-refractivity contribution in [2.75, 3.05) is 0 Å². The molecule has 0 amide bonds. The largest absolute Gasteiger partial charge is 0.328 e. The number of unbranched alkanes of at least 4 members (excludes halogenated alkanes) is 1. The van der Waals surface area contributed by atoms with Gasteiger partial charge in [0.2, 0.25) is 0 Å². The Balaban J connectivity index is 2.91. The first-order valence-electron chi connectivity index (χ1n) is 4.38. The van der Waals surface area contributed by atoms with Gasteiger partial charge in [-0.15, -0.1) is 0 Å². The van der Waals surface area contributed by atoms with E-state index in [1.54, 1.807) is 0 Å². The fraction of sp³-hybridized carbons (Fsp3) is 1.00. The summed E-state index contributed by atoms with van der Waals surface area (Å²) < 4.78 is 0. The van der Waals surface area contributed by atoms with Crippen molar-refractivity contribution in [2.45, 2.75) is 52.5 Å². The van der Waals surface area contributed by atoms with E-state index in [4.69, 9.17) is 5.73 Å². The zero-order valence-electron chi connectivity index (χ0n) is 7.56. The van der Waals surface area contributed by atoms with Crippen LogP contribution in [0, 0.1) is 5.92 Å². The molecule has 0 aromatic heterocycles. The van der Waals surface area contributed by atoms with Gasteiger partial charge in [0.15, 0.2) is 0 Å². The Morgan fingerprint density at radius 3 is 1.90 bits per heavy atom. The molecule has 1 nitrogen and oxygen atoms in total. The van der Waals surface area contributed by atoms with Crippen molar-refractivity contribution in [3.8, 4) is 0 Å². The number of hydrogen-bond acceptors (Lipinski definition) is 1. The van der Waals surface area contributed by atoms with Crippen LogP contribution in [0.4, 0.5) is 0 Å². The number of rotatable bonds is 5. The van der Waals surface area contributed by atoms with Crippen LogP contribution in [-0.2, 0) is 0 Å². The molecule has 2 N–H and O–H groups in total. The highest BCUT2D eigenvalue weighted by atomic mass is 14.6. The van der Waals surface area contributed by atoms with Gasteiger partial charge < -0.3 is 5.73 Å². The minimum atomic E-state index is 0.396. The Morgan fingerprint density at radius 1 is 1.00 bits per heavy atom. The summed E-state index contributed by atoms with van der Waals surface area (Å²) in [7, 11) is 0. The first-order chi connectivity index (χ1) is 4.63. The van der Waals surface area contributed by atoms with Crippen molar-refractivity contribution in [3.05, 3.63) is 0 Å². The molecule has 0 aliphatic carbocycles. The van der Waals surface area contributed by atoms with Crippen molar-refractivity contribution >= 4 is 0 Å². The number of nitrogens with two attached hydrogens (primary N) is 1. The van der Waals surface area contributed by atoms with Crippen LogP contribution in [0.1, 0.15) is 46.5 Å². The minimum Gasteiger partial charge on any atom is -0.328 e. The van der Waals surface area contributed by atoms with Crippen molar-refractivity contribution in [1.82, 2.24) is 0 Å². The van der Waals surface area contributed by atoms with E-state index in [9.17, 15) is 0 Å². The van der Waals surface area contributed by atoms with Gasteiger partial charge in [-0.05, 0) is 19.3 Å². The van der Waals surface area contributed by atoms with Crippen LogP contribution < -0.4 is 5.73 Å². The van der Waals surface area contributed by atoms with Crippen LogP contribution in [0.5, 0.6) is 0 Å². The molecule has 0 spiro atoms. The highest BCUT2D eigenvalue weighted by Crippen LogP contribution is 2.08. The molecule has 0 heterocycles. The van der Waals surface area contributed by atoms with Crippen LogP contribution in [0.25, 0.3) is 0 Å². The Hall–Kier alpha value is -0.0400. The summed E-state index contributed by atoms with van der Waals surface area (Å²) in [5, 5.41) is 0. The average molecular weight is 143 g/mol. The average Bonchev–Trinajstić information content (AvgIpc) is 1.79. The smallest absolute Gasteiger partial charge is 0.00104 e. The lowest BCUT2D eigenvalue weighted by atomic mass is 10.0. The van der Waals surface area contributed by atoms with Crippen LogP contribution in [-0.4, -0.2) is 6.04 Å². The summed E-state index contributed by atoms with van der Waals surface area (Å²) in [5.41, 5.74) is 5.61. The molecule has 0 aromatic carbocycles. The second-order valence-corrected chi connectivity index (χ2v) is 3.66. The van der Waals surface area contributed by atoms with E-state index in [1.807, 2.05) is 0 Å². The Kier molecular flexibility index (Phi) is 5.70. The third kappa shape index (κ3) is 7.96. The van der Waals surface area contributed by atoms with Crippen molar-refractivity contribution in [1.29, 1.82) is 0 Å². The number of hydrogen-bond donors (Lipinski definition) is 1. The quantitative estimate of drug-likeness (QED) is 0.588. The highest BCUT2D eigenvalue weighted by molar-refractivity contribution is 4.54. The van der Waals surface area contributed by atoms with Crippen LogP contribution in [0.15, 0.2) is 0 Å². The molecule has 1 heteroatoms. The van der Waals surface area contributed by atoms with E-state index in [0.717, 1.165) is 5.92 Å². The molecule has 0 aliphatic rings. The maximum atomic E-state index is 5.61. The molecular weight excluding hydrogens is 122 g/mol. The van der Waals surface area contributed by atoms with Crippen molar-refractivity contribution in [3.63, 3.8) is 0 Å². The van der Waals surface area contributed by atoms with Crippen LogP contribution in [0.3, 0.4) is 0 Å². The maximum absolute atomic E-state index is 5.61. The molecular formula is C9H21N. The van der Waals surface area contributed by atoms with Gasteiger partial charge in [0.05, 0.1) is 0 Å². The first kappa shape index (κ1) is 9.96. The van der Waals surface area contributed by atoms with E-state index in [-0.39, 0.29) is 0 Å². The summed E-state index contributed by atoms with van der Waals surface area (Å²) >= 11 is 0. The summed E-state index contributed by atoms with van der Waals surface area (Å²) in [6.45, 7) is 6.62. The highest BCUT2D eigenvalue weighted by Gasteiger charge is 1.96. The van der Waals surface area contributed by atoms with Gasteiger partial charge in [-0.3, -0.25) is 0 Å². The zero-order chi connectivity index (χ0) is 7.98. The van der Waals surface area contributed by atoms with E-state index in [1.165, 1.54) is 25.7 Å². The molecule has 10 heavy (non-hydrogen) atoms. The SMILES string of the molecule is CC(C)CCCC[C@@H](C)N. The molecule has 0 radical (unpaired) electrons. The van der Waals surface area contributed by atoms with E-state index >= 15 is 0 Å². The molecule has 0 bridgehead atoms. The standard InChI is InChI=1S/C9H21N/c1-8(2)6-4-5-7-9(3)10/h8-9H,4-7,10H2,1-3H3/t9-/m1/s1. The third-order valence-corrected chi connectivity index (χ3v) is 1.69. The molecule has 0 saturated carbocycles. The van der Waals surface area contributed by atoms with Crippen LogP contribution in [0.2, 0.25) is 0 Å². The third-order valence-electron chi connectivity index (χ3n) is 1.69. The normalized spacial score (nSPS) is 14.1. The molecule has 0 saturated heterocycles. The molecule has 0 rings (SSSR count). The van der Waals surface area contributed by atoms with Gasteiger partial charge in [0.25, 0.3) is 0 Å². The van der Waals surface area contributed by atoms with Gasteiger partial charge >= 0.3 is 0 Å². The minimum absolute atomic E-state index is 0.396. The molecule has 62 valence electrons. The predicted octanol–water partition coefficient (Wildman–Crippen LogP) is 2.55. The fourth-order valence-electron chi connectivity index (χ4n) is 1.02. The maximum Gasteiger partial charge on any atom is 0.00104 e. The molecule has 0 unspecified atom stereocenters. The van der Waals surface area contributed by atoms with Gasteiger partial charge in [0, 0.05) is 6.04 Å². The topological polar surface area (TPSA) is 26.0 Å². The molecule has 1 atom stereocenters. The summed E-state index contributed by atoms with van der Waals surface area (Å²) in [5.74, 6) is 0.855. The van der Waals surface area contributed by atoms with Gasteiger partial charge in [-0.25, -0.2) is 0 Å². The lowest BCUT2D eigenvalue weighted by molar-refractivity contribution is 0.508. The Labute approximate surface area is 65.0 Å².